The van der Waals surface area contributed by atoms with Crippen LogP contribution in [0.25, 0.3) is 11.4 Å². The van der Waals surface area contributed by atoms with Crippen LogP contribution in [0.4, 0.5) is 0 Å². The topological polar surface area (TPSA) is 108 Å². The largest absolute Gasteiger partial charge is 0.493 e. The number of halogens is 1. The number of benzene rings is 2. The molecule has 0 aliphatic heterocycles. The van der Waals surface area contributed by atoms with Crippen LogP contribution in [0.3, 0.4) is 0 Å². The molecule has 1 aliphatic carbocycles. The average molecular weight is 542 g/mol. The van der Waals surface area contributed by atoms with Gasteiger partial charge in [-0.1, -0.05) is 42.6 Å². The van der Waals surface area contributed by atoms with Crippen molar-refractivity contribution in [2.45, 2.75) is 50.2 Å². The molecule has 194 valence electrons. The van der Waals surface area contributed by atoms with Gasteiger partial charge in [-0.05, 0) is 60.9 Å². The van der Waals surface area contributed by atoms with Crippen LogP contribution in [-0.2, 0) is 9.59 Å². The smallest absolute Gasteiger partial charge is 0.308 e. The predicted octanol–water partition coefficient (Wildman–Crippen LogP) is 5.28. The van der Waals surface area contributed by atoms with Gasteiger partial charge in [0.2, 0.25) is 0 Å². The molecule has 0 bridgehead atoms. The molecule has 11 heteroatoms. The fraction of sp³-hybridized carbons (Fsp3) is 0.346. The van der Waals surface area contributed by atoms with Gasteiger partial charge in [0.1, 0.15) is 0 Å². The second-order valence-corrected chi connectivity index (χ2v) is 9.94. The zero-order valence-electron chi connectivity index (χ0n) is 20.6. The Kier molecular flexibility index (Phi) is 9.19. The number of aromatic nitrogens is 3. The molecule has 1 N–H and O–H groups in total. The second kappa shape index (κ2) is 12.7. The van der Waals surface area contributed by atoms with Gasteiger partial charge in [0, 0.05) is 23.6 Å². The zero-order valence-corrected chi connectivity index (χ0v) is 22.2. The Morgan fingerprint density at radius 1 is 1.14 bits per heavy atom. The minimum atomic E-state index is -0.441. The number of esters is 1. The molecule has 9 nitrogen and oxygen atoms in total. The monoisotopic (exact) mass is 541 g/mol. The molecule has 0 unspecified atom stereocenters. The third-order valence-corrected chi connectivity index (χ3v) is 7.08. The quantitative estimate of drug-likeness (QED) is 0.129. The molecule has 1 heterocycles. The maximum Gasteiger partial charge on any atom is 0.308 e. The highest BCUT2D eigenvalue weighted by atomic mass is 35.5. The number of carbonyl (C=O) groups is 2. The predicted molar refractivity (Wildman–Crippen MR) is 143 cm³/mol. The standard InChI is InChI=1S/C26H28ClN5O4S/c1-17(33)36-22-13-8-18(14-23(22)35-2)15-28-29-24(34)16-37-26-31-30-25(19-9-11-20(27)12-10-19)32(26)21-6-4-3-5-7-21/h8-15,21H,3-7,16H2,1-2H3,(H,29,34). The molecule has 1 amide bonds. The summed E-state index contributed by atoms with van der Waals surface area (Å²) in [7, 11) is 1.48. The summed E-state index contributed by atoms with van der Waals surface area (Å²) in [6, 6.07) is 12.8. The number of amides is 1. The first-order valence-corrected chi connectivity index (χ1v) is 13.3. The summed E-state index contributed by atoms with van der Waals surface area (Å²) in [5.74, 6) is 0.917. The molecule has 3 aromatic rings. The van der Waals surface area contributed by atoms with Crippen molar-refractivity contribution in [2.75, 3.05) is 12.9 Å². The molecule has 0 radical (unpaired) electrons. The van der Waals surface area contributed by atoms with E-state index in [1.54, 1.807) is 18.2 Å². The van der Waals surface area contributed by atoms with Crippen LogP contribution in [-0.4, -0.2) is 45.7 Å². The third kappa shape index (κ3) is 7.11. The van der Waals surface area contributed by atoms with Crippen molar-refractivity contribution in [1.82, 2.24) is 20.2 Å². The van der Waals surface area contributed by atoms with Gasteiger partial charge in [0.25, 0.3) is 5.91 Å². The van der Waals surface area contributed by atoms with Crippen molar-refractivity contribution in [3.63, 3.8) is 0 Å². The van der Waals surface area contributed by atoms with Crippen LogP contribution in [0, 0.1) is 0 Å². The molecule has 1 saturated carbocycles. The van der Waals surface area contributed by atoms with Crippen molar-refractivity contribution in [1.29, 1.82) is 0 Å². The molecule has 0 atom stereocenters. The van der Waals surface area contributed by atoms with Crippen molar-refractivity contribution >= 4 is 41.5 Å². The summed E-state index contributed by atoms with van der Waals surface area (Å²) in [5.41, 5.74) is 4.16. The Balaban J connectivity index is 1.41. The lowest BCUT2D eigenvalue weighted by molar-refractivity contribution is -0.132. The van der Waals surface area contributed by atoms with Gasteiger partial charge < -0.3 is 9.47 Å². The Labute approximate surface area is 224 Å². The number of hydrazone groups is 1. The molecule has 1 aromatic heterocycles. The van der Waals surface area contributed by atoms with E-state index in [1.165, 1.54) is 38.4 Å². The molecule has 1 fully saturated rings. The van der Waals surface area contributed by atoms with Crippen LogP contribution >= 0.6 is 23.4 Å². The number of rotatable bonds is 9. The van der Waals surface area contributed by atoms with Gasteiger partial charge in [-0.25, -0.2) is 5.43 Å². The first-order chi connectivity index (χ1) is 17.9. The normalized spacial score (nSPS) is 14.0. The Hall–Kier alpha value is -3.37. The number of nitrogens with zero attached hydrogens (tertiary/aromatic N) is 4. The van der Waals surface area contributed by atoms with E-state index < -0.39 is 5.97 Å². The third-order valence-electron chi connectivity index (χ3n) is 5.88. The highest BCUT2D eigenvalue weighted by molar-refractivity contribution is 7.99. The molecular weight excluding hydrogens is 514 g/mol. The van der Waals surface area contributed by atoms with E-state index in [4.69, 9.17) is 21.1 Å². The van der Waals surface area contributed by atoms with Crippen molar-refractivity contribution in [2.24, 2.45) is 5.10 Å². The van der Waals surface area contributed by atoms with Crippen LogP contribution < -0.4 is 14.9 Å². The van der Waals surface area contributed by atoms with Gasteiger partial charge in [-0.2, -0.15) is 5.10 Å². The van der Waals surface area contributed by atoms with E-state index in [-0.39, 0.29) is 11.7 Å². The maximum absolute atomic E-state index is 12.5. The van der Waals surface area contributed by atoms with E-state index >= 15 is 0 Å². The summed E-state index contributed by atoms with van der Waals surface area (Å²) in [6.07, 6.45) is 7.16. The van der Waals surface area contributed by atoms with Gasteiger partial charge in [0.05, 0.1) is 19.1 Å². The van der Waals surface area contributed by atoms with E-state index in [9.17, 15) is 9.59 Å². The van der Waals surface area contributed by atoms with Crippen LogP contribution in [0.5, 0.6) is 11.5 Å². The lowest BCUT2D eigenvalue weighted by atomic mass is 9.95. The van der Waals surface area contributed by atoms with Crippen LogP contribution in [0.1, 0.15) is 50.6 Å². The Morgan fingerprint density at radius 3 is 2.59 bits per heavy atom. The zero-order chi connectivity index (χ0) is 26.2. The summed E-state index contributed by atoms with van der Waals surface area (Å²) >= 11 is 7.41. The molecule has 0 spiro atoms. The molecule has 2 aromatic carbocycles. The average Bonchev–Trinajstić information content (AvgIpc) is 3.33. The number of ether oxygens (including phenoxy) is 2. The second-order valence-electron chi connectivity index (χ2n) is 8.56. The van der Waals surface area contributed by atoms with Crippen molar-refractivity contribution in [3.05, 3.63) is 53.1 Å². The summed E-state index contributed by atoms with van der Waals surface area (Å²) in [6.45, 7) is 1.32. The van der Waals surface area contributed by atoms with Gasteiger partial charge in [-0.3, -0.25) is 14.2 Å². The van der Waals surface area contributed by atoms with Crippen molar-refractivity contribution in [3.8, 4) is 22.9 Å². The minimum Gasteiger partial charge on any atom is -0.493 e. The number of nitrogens with one attached hydrogen (secondary N) is 1. The maximum atomic E-state index is 12.5. The molecular formula is C26H28ClN5O4S. The summed E-state index contributed by atoms with van der Waals surface area (Å²) in [5, 5.41) is 14.3. The first kappa shape index (κ1) is 26.7. The van der Waals surface area contributed by atoms with E-state index in [2.05, 4.69) is 25.3 Å². The SMILES string of the molecule is COc1cc(C=NNC(=O)CSc2nnc(-c3ccc(Cl)cc3)n2C2CCCCC2)ccc1OC(C)=O. The van der Waals surface area contributed by atoms with Crippen molar-refractivity contribution < 1.29 is 19.1 Å². The summed E-state index contributed by atoms with van der Waals surface area (Å²) in [4.78, 5) is 23.7. The Bertz CT molecular complexity index is 1270. The number of methoxy groups -OCH3 is 1. The van der Waals surface area contributed by atoms with E-state index in [1.807, 2.05) is 24.3 Å². The fourth-order valence-electron chi connectivity index (χ4n) is 4.18. The Morgan fingerprint density at radius 2 is 1.89 bits per heavy atom. The van der Waals surface area contributed by atoms with Gasteiger partial charge in [0.15, 0.2) is 22.5 Å². The molecule has 0 saturated heterocycles. The van der Waals surface area contributed by atoms with Crippen LogP contribution in [0.15, 0.2) is 52.7 Å². The highest BCUT2D eigenvalue weighted by Gasteiger charge is 2.24. The van der Waals surface area contributed by atoms with Gasteiger partial charge >= 0.3 is 5.97 Å². The molecule has 4 rings (SSSR count). The molecule has 37 heavy (non-hydrogen) atoms. The molecule has 1 aliphatic rings. The van der Waals surface area contributed by atoms with E-state index in [0.717, 1.165) is 37.1 Å². The number of carbonyl (C=O) groups excluding carboxylic acids is 2. The van der Waals surface area contributed by atoms with Gasteiger partial charge in [-0.15, -0.1) is 10.2 Å². The number of thioether (sulfide) groups is 1. The fourth-order valence-corrected chi connectivity index (χ4v) is 5.11. The summed E-state index contributed by atoms with van der Waals surface area (Å²) < 4.78 is 12.5. The highest BCUT2D eigenvalue weighted by Crippen LogP contribution is 2.35. The minimum absolute atomic E-state index is 0.136. The number of hydrogen-bond donors (Lipinski definition) is 1. The lowest BCUT2D eigenvalue weighted by Gasteiger charge is -2.25. The van der Waals surface area contributed by atoms with E-state index in [0.29, 0.717) is 33.3 Å². The number of hydrogen-bond acceptors (Lipinski definition) is 8. The first-order valence-electron chi connectivity index (χ1n) is 12.0. The lowest BCUT2D eigenvalue weighted by Crippen LogP contribution is -2.20. The van der Waals surface area contributed by atoms with Crippen LogP contribution in [0.2, 0.25) is 5.02 Å².